The Labute approximate surface area is 163 Å². The molecule has 6 nitrogen and oxygen atoms in total. The third-order valence-corrected chi connectivity index (χ3v) is 5.09. The number of amides is 1. The number of benzene rings is 2. The number of carbonyl (C=O) groups is 1. The number of para-hydroxylation sites is 2. The number of anilines is 2. The molecule has 2 heterocycles. The standard InChI is InChI=1S/C22H23N5O/c1-24-13-15(12-23)16-6-3-5-14-11-19(27(2)22(14)16)17-7-4-8-18-21(17)25-10-9-20(28)26-18/h3-8,11-13,23-25H,9-10H2,1-2H3,(H,26,28)/b15-13+,23-12?. The summed E-state index contributed by atoms with van der Waals surface area (Å²) in [6.07, 6.45) is 3.65. The molecule has 28 heavy (non-hydrogen) atoms. The molecule has 1 aliphatic heterocycles. The van der Waals surface area contributed by atoms with Crippen LogP contribution < -0.4 is 16.0 Å². The van der Waals surface area contributed by atoms with E-state index in [0.29, 0.717) is 13.0 Å². The molecule has 0 saturated carbocycles. The van der Waals surface area contributed by atoms with Gasteiger partial charge in [-0.25, -0.2) is 0 Å². The van der Waals surface area contributed by atoms with Crippen molar-refractivity contribution >= 4 is 40.0 Å². The van der Waals surface area contributed by atoms with Gasteiger partial charge in [-0.1, -0.05) is 30.3 Å². The predicted molar refractivity (Wildman–Crippen MR) is 116 cm³/mol. The van der Waals surface area contributed by atoms with Crippen LogP contribution in [0, 0.1) is 5.41 Å². The van der Waals surface area contributed by atoms with Gasteiger partial charge >= 0.3 is 0 Å². The van der Waals surface area contributed by atoms with Gasteiger partial charge in [-0.05, 0) is 12.1 Å². The normalized spacial score (nSPS) is 14.1. The first-order valence-corrected chi connectivity index (χ1v) is 9.28. The summed E-state index contributed by atoms with van der Waals surface area (Å²) in [5, 5.41) is 18.3. The molecule has 142 valence electrons. The maximum atomic E-state index is 11.9. The molecule has 0 radical (unpaired) electrons. The molecular formula is C22H23N5O. The molecule has 0 unspecified atom stereocenters. The lowest BCUT2D eigenvalue weighted by Gasteiger charge is -2.15. The number of allylic oxidation sites excluding steroid dienone is 1. The third kappa shape index (κ3) is 2.93. The van der Waals surface area contributed by atoms with Crippen LogP contribution in [-0.2, 0) is 11.8 Å². The lowest BCUT2D eigenvalue weighted by Crippen LogP contribution is -2.10. The number of rotatable bonds is 4. The summed E-state index contributed by atoms with van der Waals surface area (Å²) in [6.45, 7) is 0.605. The number of aryl methyl sites for hydroxylation is 1. The van der Waals surface area contributed by atoms with E-state index in [1.54, 1.807) is 0 Å². The van der Waals surface area contributed by atoms with Gasteiger partial charge in [0.15, 0.2) is 0 Å². The second-order valence-corrected chi connectivity index (χ2v) is 6.82. The van der Waals surface area contributed by atoms with Crippen LogP contribution in [0.4, 0.5) is 11.4 Å². The van der Waals surface area contributed by atoms with E-state index in [9.17, 15) is 4.79 Å². The van der Waals surface area contributed by atoms with Crippen LogP contribution in [0.1, 0.15) is 12.0 Å². The highest BCUT2D eigenvalue weighted by Crippen LogP contribution is 2.39. The van der Waals surface area contributed by atoms with E-state index >= 15 is 0 Å². The lowest BCUT2D eigenvalue weighted by atomic mass is 10.0. The highest BCUT2D eigenvalue weighted by Gasteiger charge is 2.19. The van der Waals surface area contributed by atoms with Gasteiger partial charge in [0.25, 0.3) is 0 Å². The summed E-state index contributed by atoms with van der Waals surface area (Å²) < 4.78 is 2.15. The van der Waals surface area contributed by atoms with Crippen LogP contribution in [0.5, 0.6) is 0 Å². The van der Waals surface area contributed by atoms with Gasteiger partial charge in [-0.3, -0.25) is 4.79 Å². The SMILES string of the molecule is CN/C=C(\C=N)c1cccc2cc(-c3cccc4c3NCCC(=O)N4)n(C)c12. The molecular weight excluding hydrogens is 350 g/mol. The van der Waals surface area contributed by atoms with E-state index in [4.69, 9.17) is 5.41 Å². The summed E-state index contributed by atoms with van der Waals surface area (Å²) >= 11 is 0. The molecule has 1 aromatic heterocycles. The molecule has 0 aliphatic carbocycles. The minimum absolute atomic E-state index is 0.0237. The molecule has 1 aliphatic rings. The van der Waals surface area contributed by atoms with Gasteiger partial charge in [0.2, 0.25) is 5.91 Å². The first-order valence-electron chi connectivity index (χ1n) is 9.28. The summed E-state index contributed by atoms with van der Waals surface area (Å²) in [4.78, 5) is 11.9. The molecule has 0 saturated heterocycles. The number of carbonyl (C=O) groups excluding carboxylic acids is 1. The molecule has 0 spiro atoms. The van der Waals surface area contributed by atoms with Crippen LogP contribution in [0.15, 0.2) is 48.7 Å². The highest BCUT2D eigenvalue weighted by molar-refractivity contribution is 6.13. The van der Waals surface area contributed by atoms with Crippen molar-refractivity contribution in [3.05, 3.63) is 54.2 Å². The Morgan fingerprint density at radius 1 is 1.25 bits per heavy atom. The Hall–Kier alpha value is -3.54. The van der Waals surface area contributed by atoms with E-state index in [0.717, 1.165) is 44.7 Å². The summed E-state index contributed by atoms with van der Waals surface area (Å²) in [5.41, 5.74) is 6.73. The lowest BCUT2D eigenvalue weighted by molar-refractivity contribution is -0.115. The van der Waals surface area contributed by atoms with E-state index in [2.05, 4.69) is 38.7 Å². The predicted octanol–water partition coefficient (Wildman–Crippen LogP) is 3.81. The van der Waals surface area contributed by atoms with Crippen LogP contribution in [0.25, 0.3) is 27.7 Å². The monoisotopic (exact) mass is 373 g/mol. The Balaban J connectivity index is 1.94. The third-order valence-electron chi connectivity index (χ3n) is 5.09. The molecule has 0 bridgehead atoms. The minimum atomic E-state index is 0.0237. The van der Waals surface area contributed by atoms with Crippen molar-refractivity contribution in [1.29, 1.82) is 5.41 Å². The van der Waals surface area contributed by atoms with E-state index in [-0.39, 0.29) is 5.91 Å². The van der Waals surface area contributed by atoms with Crippen molar-refractivity contribution in [1.82, 2.24) is 9.88 Å². The van der Waals surface area contributed by atoms with E-state index in [1.807, 2.05) is 44.6 Å². The fourth-order valence-corrected chi connectivity index (χ4v) is 3.83. The molecule has 4 rings (SSSR count). The molecule has 3 aromatic rings. The number of hydrogen-bond acceptors (Lipinski definition) is 4. The first kappa shape index (κ1) is 17.9. The molecule has 6 heteroatoms. The Kier molecular flexibility index (Phi) is 4.61. The van der Waals surface area contributed by atoms with Crippen molar-refractivity contribution in [2.45, 2.75) is 6.42 Å². The summed E-state index contributed by atoms with van der Waals surface area (Å²) in [7, 11) is 3.87. The quantitative estimate of drug-likeness (QED) is 0.525. The minimum Gasteiger partial charge on any atom is -0.393 e. The molecule has 1 amide bonds. The van der Waals surface area contributed by atoms with E-state index < -0.39 is 0 Å². The number of fused-ring (bicyclic) bond motifs is 2. The number of aromatic nitrogens is 1. The fraction of sp³-hybridized carbons (Fsp3) is 0.182. The van der Waals surface area contributed by atoms with Crippen molar-refractivity contribution in [2.75, 3.05) is 24.2 Å². The van der Waals surface area contributed by atoms with E-state index in [1.165, 1.54) is 6.21 Å². The zero-order valence-corrected chi connectivity index (χ0v) is 16.0. The molecule has 0 fully saturated rings. The van der Waals surface area contributed by atoms with Gasteiger partial charge in [0.05, 0.1) is 22.6 Å². The van der Waals surface area contributed by atoms with Crippen LogP contribution in [0.2, 0.25) is 0 Å². The Morgan fingerprint density at radius 3 is 2.86 bits per heavy atom. The van der Waals surface area contributed by atoms with Crippen molar-refractivity contribution in [2.24, 2.45) is 7.05 Å². The van der Waals surface area contributed by atoms with Crippen LogP contribution >= 0.6 is 0 Å². The fourth-order valence-electron chi connectivity index (χ4n) is 3.83. The highest BCUT2D eigenvalue weighted by atomic mass is 16.1. The Morgan fingerprint density at radius 2 is 2.07 bits per heavy atom. The molecule has 2 aromatic carbocycles. The first-order chi connectivity index (χ1) is 13.6. The van der Waals surface area contributed by atoms with Crippen LogP contribution in [-0.4, -0.2) is 30.3 Å². The summed E-state index contributed by atoms with van der Waals surface area (Å²) in [5.74, 6) is 0.0237. The van der Waals surface area contributed by atoms with Gasteiger partial charge in [-0.2, -0.15) is 0 Å². The second-order valence-electron chi connectivity index (χ2n) is 6.82. The number of hydrogen-bond donors (Lipinski definition) is 4. The Bertz CT molecular complexity index is 1110. The maximum absolute atomic E-state index is 11.9. The average Bonchev–Trinajstić information content (AvgIpc) is 2.91. The zero-order chi connectivity index (χ0) is 19.7. The largest absolute Gasteiger partial charge is 0.393 e. The van der Waals surface area contributed by atoms with Gasteiger partial charge in [-0.15, -0.1) is 0 Å². The van der Waals surface area contributed by atoms with Gasteiger partial charge in [0.1, 0.15) is 0 Å². The van der Waals surface area contributed by atoms with Crippen molar-refractivity contribution in [3.63, 3.8) is 0 Å². The van der Waals surface area contributed by atoms with Crippen molar-refractivity contribution in [3.8, 4) is 11.3 Å². The number of nitrogens with one attached hydrogen (secondary N) is 4. The molecule has 0 atom stereocenters. The topological polar surface area (TPSA) is 81.9 Å². The zero-order valence-electron chi connectivity index (χ0n) is 16.0. The average molecular weight is 373 g/mol. The van der Waals surface area contributed by atoms with Crippen molar-refractivity contribution < 1.29 is 4.79 Å². The maximum Gasteiger partial charge on any atom is 0.226 e. The number of nitrogens with zero attached hydrogens (tertiary/aromatic N) is 1. The van der Waals surface area contributed by atoms with Crippen LogP contribution in [0.3, 0.4) is 0 Å². The smallest absolute Gasteiger partial charge is 0.226 e. The second kappa shape index (κ2) is 7.23. The van der Waals surface area contributed by atoms with Gasteiger partial charge in [0, 0.05) is 61.6 Å². The van der Waals surface area contributed by atoms with Gasteiger partial charge < -0.3 is 25.9 Å². The molecule has 4 N–H and O–H groups in total. The summed E-state index contributed by atoms with van der Waals surface area (Å²) in [6, 6.07) is 14.2.